The highest BCUT2D eigenvalue weighted by molar-refractivity contribution is 6.05. The van der Waals surface area contributed by atoms with Gasteiger partial charge in [-0.05, 0) is 35.9 Å². The molecule has 34 heavy (non-hydrogen) atoms. The van der Waals surface area contributed by atoms with Crippen LogP contribution in [0.15, 0.2) is 66.7 Å². The number of nitrogens with one attached hydrogen (secondary N) is 1. The number of nitrogens with zero attached hydrogens (tertiary/aromatic N) is 2. The van der Waals surface area contributed by atoms with Crippen molar-refractivity contribution in [3.05, 3.63) is 100 Å². The average Bonchev–Trinajstić information content (AvgIpc) is 3.16. The highest BCUT2D eigenvalue weighted by Crippen LogP contribution is 2.30. The summed E-state index contributed by atoms with van der Waals surface area (Å²) in [5.74, 6) is -2.65. The Bertz CT molecular complexity index is 1380. The Hall–Kier alpha value is -4.21. The monoisotopic (exact) mass is 471 g/mol. The summed E-state index contributed by atoms with van der Waals surface area (Å²) in [6.45, 7) is -0.165. The Morgan fingerprint density at radius 1 is 1.00 bits per heavy atom. The molecule has 0 radical (unpaired) electrons. The molecule has 0 aliphatic rings. The highest BCUT2D eigenvalue weighted by Gasteiger charge is 2.31. The van der Waals surface area contributed by atoms with Gasteiger partial charge in [-0.1, -0.05) is 36.4 Å². The first kappa shape index (κ1) is 23.0. The van der Waals surface area contributed by atoms with Gasteiger partial charge in [0.1, 0.15) is 11.5 Å². The van der Waals surface area contributed by atoms with Crippen LogP contribution in [0, 0.1) is 5.82 Å². The van der Waals surface area contributed by atoms with Crippen molar-refractivity contribution in [1.82, 2.24) is 15.1 Å². The predicted molar refractivity (Wildman–Crippen MR) is 115 cm³/mol. The van der Waals surface area contributed by atoms with Crippen LogP contribution in [0.1, 0.15) is 37.5 Å². The molecule has 1 amide bonds. The van der Waals surface area contributed by atoms with Gasteiger partial charge in [-0.25, -0.2) is 9.18 Å². The van der Waals surface area contributed by atoms with Crippen LogP contribution in [0.5, 0.6) is 0 Å². The number of amides is 1. The van der Waals surface area contributed by atoms with Crippen molar-refractivity contribution in [2.24, 2.45) is 0 Å². The number of hydrogen-bond donors (Lipinski definition) is 2. The summed E-state index contributed by atoms with van der Waals surface area (Å²) in [5, 5.41) is 16.5. The molecule has 0 fully saturated rings. The molecule has 1 heterocycles. The number of carboxylic acid groups (broad SMARTS) is 1. The number of carbonyl (C=O) groups is 2. The van der Waals surface area contributed by atoms with Crippen LogP contribution in [-0.4, -0.2) is 26.8 Å². The van der Waals surface area contributed by atoms with Gasteiger partial charge in [0, 0.05) is 17.5 Å². The Kier molecular flexibility index (Phi) is 6.06. The normalized spacial score (nSPS) is 11.5. The maximum absolute atomic E-state index is 14.4. The van der Waals surface area contributed by atoms with Crippen LogP contribution in [0.4, 0.5) is 17.6 Å². The van der Waals surface area contributed by atoms with Gasteiger partial charge in [0.15, 0.2) is 0 Å². The Balaban J connectivity index is 1.61. The summed E-state index contributed by atoms with van der Waals surface area (Å²) < 4.78 is 54.2. The lowest BCUT2D eigenvalue weighted by atomic mass is 10.1. The van der Waals surface area contributed by atoms with Crippen molar-refractivity contribution in [3.8, 4) is 0 Å². The minimum atomic E-state index is -4.67. The molecule has 3 aromatic carbocycles. The standard InChI is InChI=1S/C24H17F4N3O3/c25-19-11-17(24(26,27)28)10-9-16(19)13-31-21(18-3-1-2-4-20(18)30-31)22(32)29-12-14-5-7-15(8-6-14)23(33)34/h1-11H,12-13H2,(H,29,32)(H,33,34). The van der Waals surface area contributed by atoms with Crippen LogP contribution in [0.25, 0.3) is 10.9 Å². The summed E-state index contributed by atoms with van der Waals surface area (Å²) in [7, 11) is 0. The zero-order valence-electron chi connectivity index (χ0n) is 17.4. The van der Waals surface area contributed by atoms with E-state index in [-0.39, 0.29) is 29.9 Å². The Morgan fingerprint density at radius 3 is 2.35 bits per heavy atom. The van der Waals surface area contributed by atoms with Gasteiger partial charge in [0.05, 0.1) is 23.2 Å². The fourth-order valence-electron chi connectivity index (χ4n) is 3.48. The molecule has 0 spiro atoms. The predicted octanol–water partition coefficient (Wildman–Crippen LogP) is 4.87. The largest absolute Gasteiger partial charge is 0.478 e. The molecule has 174 valence electrons. The molecule has 0 saturated carbocycles. The summed E-state index contributed by atoms with van der Waals surface area (Å²) in [5.41, 5.74) is 0.188. The molecule has 0 aliphatic carbocycles. The molecule has 6 nitrogen and oxygen atoms in total. The maximum Gasteiger partial charge on any atom is 0.416 e. The zero-order chi connectivity index (χ0) is 24.5. The van der Waals surface area contributed by atoms with Gasteiger partial charge in [0.25, 0.3) is 5.91 Å². The van der Waals surface area contributed by atoms with Gasteiger partial charge < -0.3 is 10.4 Å². The van der Waals surface area contributed by atoms with E-state index in [1.165, 1.54) is 16.8 Å². The SMILES string of the molecule is O=C(O)c1ccc(CNC(=O)c2c3ccccc3nn2Cc2ccc(C(F)(F)F)cc2F)cc1. The van der Waals surface area contributed by atoms with Crippen molar-refractivity contribution in [2.75, 3.05) is 0 Å². The lowest BCUT2D eigenvalue weighted by Crippen LogP contribution is -2.26. The number of halogens is 4. The average molecular weight is 471 g/mol. The van der Waals surface area contributed by atoms with Crippen molar-refractivity contribution in [3.63, 3.8) is 0 Å². The number of aromatic nitrogens is 2. The summed E-state index contributed by atoms with van der Waals surface area (Å²) >= 11 is 0. The van der Waals surface area contributed by atoms with E-state index in [0.717, 1.165) is 12.1 Å². The molecule has 0 saturated heterocycles. The second-order valence-corrected chi connectivity index (χ2v) is 7.51. The summed E-state index contributed by atoms with van der Waals surface area (Å²) in [6, 6.07) is 14.9. The number of hydrogen-bond acceptors (Lipinski definition) is 3. The number of benzene rings is 3. The van der Waals surface area contributed by atoms with Crippen molar-refractivity contribution in [2.45, 2.75) is 19.3 Å². The van der Waals surface area contributed by atoms with E-state index in [2.05, 4.69) is 10.4 Å². The molecule has 10 heteroatoms. The first-order valence-corrected chi connectivity index (χ1v) is 10.0. The first-order chi connectivity index (χ1) is 16.1. The lowest BCUT2D eigenvalue weighted by molar-refractivity contribution is -0.137. The third-order valence-electron chi connectivity index (χ3n) is 5.22. The van der Waals surface area contributed by atoms with E-state index in [1.54, 1.807) is 36.4 Å². The Morgan fingerprint density at radius 2 is 1.71 bits per heavy atom. The topological polar surface area (TPSA) is 84.2 Å². The van der Waals surface area contributed by atoms with Crippen LogP contribution in [0.2, 0.25) is 0 Å². The van der Waals surface area contributed by atoms with Gasteiger partial charge in [-0.15, -0.1) is 0 Å². The molecule has 4 rings (SSSR count). The van der Waals surface area contributed by atoms with E-state index in [1.807, 2.05) is 0 Å². The molecule has 0 bridgehead atoms. The molecule has 0 aliphatic heterocycles. The smallest absolute Gasteiger partial charge is 0.416 e. The number of alkyl halides is 3. The summed E-state index contributed by atoms with van der Waals surface area (Å²) in [6.07, 6.45) is -4.67. The molecular formula is C24H17F4N3O3. The number of fused-ring (bicyclic) bond motifs is 1. The molecular weight excluding hydrogens is 454 g/mol. The second-order valence-electron chi connectivity index (χ2n) is 7.51. The minimum absolute atomic E-state index is 0.0564. The zero-order valence-corrected chi connectivity index (χ0v) is 17.4. The molecule has 0 unspecified atom stereocenters. The van der Waals surface area contributed by atoms with E-state index < -0.39 is 29.4 Å². The minimum Gasteiger partial charge on any atom is -0.478 e. The van der Waals surface area contributed by atoms with Gasteiger partial charge in [-0.3, -0.25) is 9.48 Å². The lowest BCUT2D eigenvalue weighted by Gasteiger charge is -2.12. The van der Waals surface area contributed by atoms with Crippen molar-refractivity contribution < 1.29 is 32.3 Å². The van der Waals surface area contributed by atoms with Crippen LogP contribution in [0.3, 0.4) is 0 Å². The first-order valence-electron chi connectivity index (χ1n) is 10.0. The number of carboxylic acids is 1. The number of carbonyl (C=O) groups excluding carboxylic acids is 1. The van der Waals surface area contributed by atoms with Crippen molar-refractivity contribution >= 4 is 22.8 Å². The van der Waals surface area contributed by atoms with Gasteiger partial charge >= 0.3 is 12.1 Å². The number of rotatable bonds is 6. The van der Waals surface area contributed by atoms with E-state index in [4.69, 9.17) is 5.11 Å². The fourth-order valence-corrected chi connectivity index (χ4v) is 3.48. The second kappa shape index (κ2) is 8.97. The highest BCUT2D eigenvalue weighted by atomic mass is 19.4. The van der Waals surface area contributed by atoms with Gasteiger partial charge in [0.2, 0.25) is 0 Å². The Labute approximate surface area is 190 Å². The third kappa shape index (κ3) is 4.75. The quantitative estimate of drug-likeness (QED) is 0.393. The van der Waals surface area contributed by atoms with Crippen LogP contribution >= 0.6 is 0 Å². The van der Waals surface area contributed by atoms with E-state index in [0.29, 0.717) is 22.5 Å². The molecule has 2 N–H and O–H groups in total. The molecule has 4 aromatic rings. The van der Waals surface area contributed by atoms with Crippen LogP contribution < -0.4 is 5.32 Å². The van der Waals surface area contributed by atoms with Crippen molar-refractivity contribution in [1.29, 1.82) is 0 Å². The summed E-state index contributed by atoms with van der Waals surface area (Å²) in [4.78, 5) is 24.0. The van der Waals surface area contributed by atoms with E-state index in [9.17, 15) is 27.2 Å². The van der Waals surface area contributed by atoms with E-state index >= 15 is 0 Å². The van der Waals surface area contributed by atoms with Crippen LogP contribution in [-0.2, 0) is 19.3 Å². The molecule has 1 aromatic heterocycles. The van der Waals surface area contributed by atoms with Gasteiger partial charge in [-0.2, -0.15) is 18.3 Å². The maximum atomic E-state index is 14.4. The number of aromatic carboxylic acids is 1. The molecule has 0 atom stereocenters. The third-order valence-corrected chi connectivity index (χ3v) is 5.22. The fraction of sp³-hybridized carbons (Fsp3) is 0.125.